The van der Waals surface area contributed by atoms with E-state index >= 15 is 0 Å². The average molecular weight is 220 g/mol. The molecule has 2 rings (SSSR count). The van der Waals surface area contributed by atoms with Crippen LogP contribution in [-0.2, 0) is 4.74 Å². The first-order chi connectivity index (χ1) is 7.81. The number of hydrogen-bond acceptors (Lipinski definition) is 1. The Morgan fingerprint density at radius 3 is 2.75 bits per heavy atom. The minimum atomic E-state index is 0.354. The van der Waals surface area contributed by atoms with Gasteiger partial charge in [-0.1, -0.05) is 26.3 Å². The molecule has 0 aromatic rings. The van der Waals surface area contributed by atoms with Gasteiger partial charge in [-0.05, 0) is 55.7 Å². The Labute approximate surface area is 99.6 Å². The van der Waals surface area contributed by atoms with Crippen LogP contribution in [0.5, 0.6) is 0 Å². The molecular weight excluding hydrogens is 196 g/mol. The minimum absolute atomic E-state index is 0.354. The second-order valence-corrected chi connectivity index (χ2v) is 4.87. The van der Waals surface area contributed by atoms with Crippen LogP contribution in [0.4, 0.5) is 0 Å². The van der Waals surface area contributed by atoms with Gasteiger partial charge >= 0.3 is 0 Å². The quantitative estimate of drug-likeness (QED) is 0.670. The van der Waals surface area contributed by atoms with E-state index in [1.807, 2.05) is 0 Å². The maximum Gasteiger partial charge on any atom is 0.0830 e. The highest BCUT2D eigenvalue weighted by Gasteiger charge is 2.32. The van der Waals surface area contributed by atoms with Crippen LogP contribution >= 0.6 is 0 Å². The van der Waals surface area contributed by atoms with Crippen LogP contribution in [0.1, 0.15) is 59.3 Å². The Bertz CT molecular complexity index is 311. The van der Waals surface area contributed by atoms with Gasteiger partial charge in [-0.3, -0.25) is 0 Å². The number of allylic oxidation sites excluding steroid dienone is 1. The standard InChI is InChI=1S/C15H24O/c1-4-11-12(5-2)14(6-3)16-15-10-8-7-9-13(11)15/h5,14-15H,4,6-10H2,1-3H3/b12-5-/t14-,15+/m0/s1. The molecule has 0 spiro atoms. The van der Waals surface area contributed by atoms with E-state index in [1.165, 1.54) is 37.7 Å². The lowest BCUT2D eigenvalue weighted by atomic mass is 9.80. The van der Waals surface area contributed by atoms with Gasteiger partial charge < -0.3 is 4.74 Å². The van der Waals surface area contributed by atoms with Crippen molar-refractivity contribution in [1.29, 1.82) is 0 Å². The maximum atomic E-state index is 6.25. The molecule has 1 aliphatic heterocycles. The van der Waals surface area contributed by atoms with Crippen molar-refractivity contribution in [3.05, 3.63) is 22.8 Å². The summed E-state index contributed by atoms with van der Waals surface area (Å²) in [7, 11) is 0. The Balaban J connectivity index is 2.37. The van der Waals surface area contributed by atoms with Gasteiger partial charge in [0.05, 0.1) is 12.2 Å². The number of ether oxygens (including phenoxy) is 1. The fourth-order valence-corrected chi connectivity index (χ4v) is 3.23. The molecule has 2 aliphatic rings. The monoisotopic (exact) mass is 220 g/mol. The summed E-state index contributed by atoms with van der Waals surface area (Å²) in [6.45, 7) is 6.67. The SMILES string of the molecule is C/C=C1/C(CC)=C2CCCC[C@H]2O[C@H]1CC. The number of rotatable bonds is 2. The van der Waals surface area contributed by atoms with Gasteiger partial charge in [0.2, 0.25) is 0 Å². The molecule has 1 aliphatic carbocycles. The van der Waals surface area contributed by atoms with E-state index in [9.17, 15) is 0 Å². The van der Waals surface area contributed by atoms with Crippen molar-refractivity contribution in [3.8, 4) is 0 Å². The summed E-state index contributed by atoms with van der Waals surface area (Å²) >= 11 is 0. The molecular formula is C15H24O. The van der Waals surface area contributed by atoms with Gasteiger partial charge in [-0.15, -0.1) is 0 Å². The Hall–Kier alpha value is -0.560. The second-order valence-electron chi connectivity index (χ2n) is 4.87. The van der Waals surface area contributed by atoms with Crippen molar-refractivity contribution < 1.29 is 4.74 Å². The summed E-state index contributed by atoms with van der Waals surface area (Å²) in [4.78, 5) is 0. The third kappa shape index (κ3) is 1.98. The maximum absolute atomic E-state index is 6.25. The number of fused-ring (bicyclic) bond motifs is 1. The van der Waals surface area contributed by atoms with E-state index in [2.05, 4.69) is 26.8 Å². The van der Waals surface area contributed by atoms with E-state index in [1.54, 1.807) is 11.1 Å². The third-order valence-corrected chi connectivity index (χ3v) is 4.00. The highest BCUT2D eigenvalue weighted by Crippen LogP contribution is 2.40. The lowest BCUT2D eigenvalue weighted by Crippen LogP contribution is -2.33. The van der Waals surface area contributed by atoms with Gasteiger partial charge in [-0.25, -0.2) is 0 Å². The average Bonchev–Trinajstić information content (AvgIpc) is 2.36. The summed E-state index contributed by atoms with van der Waals surface area (Å²) in [6.07, 6.45) is 10.5. The van der Waals surface area contributed by atoms with Crippen LogP contribution in [0.3, 0.4) is 0 Å². The topological polar surface area (TPSA) is 9.23 Å². The van der Waals surface area contributed by atoms with Crippen molar-refractivity contribution in [2.45, 2.75) is 71.5 Å². The highest BCUT2D eigenvalue weighted by molar-refractivity contribution is 5.42. The van der Waals surface area contributed by atoms with Gasteiger partial charge in [0.15, 0.2) is 0 Å². The summed E-state index contributed by atoms with van der Waals surface area (Å²) in [5, 5.41) is 0. The first-order valence-electron chi connectivity index (χ1n) is 6.85. The fourth-order valence-electron chi connectivity index (χ4n) is 3.23. The van der Waals surface area contributed by atoms with E-state index in [-0.39, 0.29) is 0 Å². The van der Waals surface area contributed by atoms with Crippen molar-refractivity contribution >= 4 is 0 Å². The molecule has 0 aromatic carbocycles. The first kappa shape index (κ1) is 11.9. The van der Waals surface area contributed by atoms with Gasteiger partial charge in [0.1, 0.15) is 0 Å². The summed E-state index contributed by atoms with van der Waals surface area (Å²) in [5.74, 6) is 0. The third-order valence-electron chi connectivity index (χ3n) is 4.00. The van der Waals surface area contributed by atoms with E-state index in [4.69, 9.17) is 4.74 Å². The van der Waals surface area contributed by atoms with Crippen molar-refractivity contribution in [2.75, 3.05) is 0 Å². The number of hydrogen-bond donors (Lipinski definition) is 0. The fraction of sp³-hybridized carbons (Fsp3) is 0.733. The van der Waals surface area contributed by atoms with Crippen LogP contribution in [-0.4, -0.2) is 12.2 Å². The Kier molecular flexibility index (Phi) is 3.86. The van der Waals surface area contributed by atoms with Gasteiger partial charge in [0, 0.05) is 0 Å². The minimum Gasteiger partial charge on any atom is -0.366 e. The second kappa shape index (κ2) is 5.18. The van der Waals surface area contributed by atoms with Crippen molar-refractivity contribution in [1.82, 2.24) is 0 Å². The molecule has 16 heavy (non-hydrogen) atoms. The largest absolute Gasteiger partial charge is 0.366 e. The molecule has 0 unspecified atom stereocenters. The van der Waals surface area contributed by atoms with Crippen LogP contribution in [0, 0.1) is 0 Å². The van der Waals surface area contributed by atoms with Crippen LogP contribution in [0.25, 0.3) is 0 Å². The molecule has 1 fully saturated rings. The molecule has 2 atom stereocenters. The molecule has 0 radical (unpaired) electrons. The van der Waals surface area contributed by atoms with Crippen molar-refractivity contribution in [2.24, 2.45) is 0 Å². The summed E-state index contributed by atoms with van der Waals surface area (Å²) < 4.78 is 6.25. The van der Waals surface area contributed by atoms with Crippen LogP contribution in [0.15, 0.2) is 22.8 Å². The first-order valence-corrected chi connectivity index (χ1v) is 6.85. The zero-order chi connectivity index (χ0) is 11.5. The zero-order valence-corrected chi connectivity index (χ0v) is 10.9. The van der Waals surface area contributed by atoms with Crippen LogP contribution in [0.2, 0.25) is 0 Å². The molecule has 1 nitrogen and oxygen atoms in total. The lowest BCUT2D eigenvalue weighted by Gasteiger charge is -2.38. The van der Waals surface area contributed by atoms with Gasteiger partial charge in [0.25, 0.3) is 0 Å². The van der Waals surface area contributed by atoms with Crippen molar-refractivity contribution in [3.63, 3.8) is 0 Å². The molecule has 1 saturated carbocycles. The van der Waals surface area contributed by atoms with E-state index in [0.717, 1.165) is 6.42 Å². The molecule has 0 aromatic heterocycles. The predicted octanol–water partition coefficient (Wildman–Crippen LogP) is 4.39. The summed E-state index contributed by atoms with van der Waals surface area (Å²) in [6, 6.07) is 0. The van der Waals surface area contributed by atoms with E-state index < -0.39 is 0 Å². The molecule has 1 heteroatoms. The van der Waals surface area contributed by atoms with Gasteiger partial charge in [-0.2, -0.15) is 0 Å². The Morgan fingerprint density at radius 2 is 2.12 bits per heavy atom. The zero-order valence-electron chi connectivity index (χ0n) is 10.9. The molecule has 0 amide bonds. The summed E-state index contributed by atoms with van der Waals surface area (Å²) in [5.41, 5.74) is 4.70. The molecule has 0 saturated heterocycles. The predicted molar refractivity (Wildman–Crippen MR) is 68.5 cm³/mol. The normalized spacial score (nSPS) is 33.1. The molecule has 90 valence electrons. The van der Waals surface area contributed by atoms with E-state index in [0.29, 0.717) is 12.2 Å². The molecule has 0 N–H and O–H groups in total. The Morgan fingerprint density at radius 1 is 1.31 bits per heavy atom. The van der Waals surface area contributed by atoms with Crippen LogP contribution < -0.4 is 0 Å². The smallest absolute Gasteiger partial charge is 0.0830 e. The molecule has 1 heterocycles. The lowest BCUT2D eigenvalue weighted by molar-refractivity contribution is 0.00478. The molecule has 0 bridgehead atoms. The highest BCUT2D eigenvalue weighted by atomic mass is 16.5.